The van der Waals surface area contributed by atoms with E-state index in [1.807, 2.05) is 0 Å². The average Bonchev–Trinajstić information content (AvgIpc) is 2.86. The third-order valence-electron chi connectivity index (χ3n) is 6.18. The van der Waals surface area contributed by atoms with Crippen LogP contribution < -0.4 is 14.4 Å². The molecule has 3 rings (SSSR count). The number of carbonyl (C=O) groups is 1. The molecule has 2 aromatic rings. The van der Waals surface area contributed by atoms with Crippen LogP contribution in [0.15, 0.2) is 47.4 Å². The normalized spacial score (nSPS) is 15.7. The number of amides is 1. The molecule has 12 heteroatoms. The first kappa shape index (κ1) is 29.2. The summed E-state index contributed by atoms with van der Waals surface area (Å²) in [5.74, 6) is 0.00470. The highest BCUT2D eigenvalue weighted by Gasteiger charge is 2.32. The number of aryl methyl sites for hydroxylation is 1. The molecule has 0 aliphatic carbocycles. The van der Waals surface area contributed by atoms with Crippen molar-refractivity contribution in [1.29, 1.82) is 0 Å². The van der Waals surface area contributed by atoms with Crippen LogP contribution in [-0.4, -0.2) is 65.6 Å². The fraction of sp³-hybridized carbons (Fsp3) is 0.480. The van der Waals surface area contributed by atoms with Crippen molar-refractivity contribution in [1.82, 2.24) is 9.62 Å². The summed E-state index contributed by atoms with van der Waals surface area (Å²) >= 11 is 6.10. The molecule has 1 heterocycles. The van der Waals surface area contributed by atoms with Gasteiger partial charge in [0.25, 0.3) is 0 Å². The maximum absolute atomic E-state index is 13.0. The minimum absolute atomic E-state index is 0.120. The fourth-order valence-corrected chi connectivity index (χ4v) is 7.22. The number of hydrogen-bond donors (Lipinski definition) is 1. The molecule has 37 heavy (non-hydrogen) atoms. The molecule has 0 saturated carbocycles. The number of nitrogens with zero attached hydrogens (tertiary/aromatic N) is 2. The Labute approximate surface area is 224 Å². The Morgan fingerprint density at radius 2 is 1.73 bits per heavy atom. The Morgan fingerprint density at radius 1 is 1.08 bits per heavy atom. The van der Waals surface area contributed by atoms with Crippen LogP contribution in [0.5, 0.6) is 5.75 Å². The van der Waals surface area contributed by atoms with E-state index in [1.165, 1.54) is 22.5 Å². The summed E-state index contributed by atoms with van der Waals surface area (Å²) in [5, 5.41) is 3.10. The topological polar surface area (TPSA) is 113 Å². The Kier molecular flexibility index (Phi) is 9.85. The molecule has 1 saturated heterocycles. The largest absolute Gasteiger partial charge is 0.492 e. The predicted molar refractivity (Wildman–Crippen MR) is 145 cm³/mol. The molecule has 0 aromatic heterocycles. The highest BCUT2D eigenvalue weighted by molar-refractivity contribution is 7.92. The minimum atomic E-state index is -3.78. The molecule has 2 aromatic carbocycles. The summed E-state index contributed by atoms with van der Waals surface area (Å²) in [6, 6.07) is 10.1. The number of benzene rings is 2. The summed E-state index contributed by atoms with van der Waals surface area (Å²) in [4.78, 5) is 13.2. The standard InChI is InChI=1S/C25H34ClN3O6S2/c1-4-23(29(36(3,31)32)24-18-20(26)9-8-19(24)2)25(30)27-14-17-35-21-10-12-22(13-11-21)37(33,34)28-15-6-5-7-16-28/h8-13,18,23H,4-7,14-17H2,1-3H3,(H,27,30). The van der Waals surface area contributed by atoms with Crippen LogP contribution in [0, 0.1) is 6.92 Å². The summed E-state index contributed by atoms with van der Waals surface area (Å²) in [7, 11) is -7.30. The Morgan fingerprint density at radius 3 is 2.32 bits per heavy atom. The molecule has 1 aliphatic heterocycles. The maximum atomic E-state index is 13.0. The highest BCUT2D eigenvalue weighted by atomic mass is 35.5. The Bertz CT molecular complexity index is 1290. The van der Waals surface area contributed by atoms with E-state index in [2.05, 4.69) is 5.32 Å². The second-order valence-electron chi connectivity index (χ2n) is 8.99. The van der Waals surface area contributed by atoms with Crippen LogP contribution in [-0.2, 0) is 24.8 Å². The van der Waals surface area contributed by atoms with Gasteiger partial charge in [0.2, 0.25) is 26.0 Å². The fourth-order valence-electron chi connectivity index (χ4n) is 4.28. The van der Waals surface area contributed by atoms with Crippen molar-refractivity contribution in [2.45, 2.75) is 50.5 Å². The predicted octanol–water partition coefficient (Wildman–Crippen LogP) is 3.56. The number of piperidine rings is 1. The van der Waals surface area contributed by atoms with Crippen molar-refractivity contribution >= 4 is 43.2 Å². The van der Waals surface area contributed by atoms with Crippen LogP contribution in [0.1, 0.15) is 38.2 Å². The smallest absolute Gasteiger partial charge is 0.244 e. The number of rotatable bonds is 11. The average molecular weight is 572 g/mol. The van der Waals surface area contributed by atoms with Gasteiger partial charge in [0.1, 0.15) is 18.4 Å². The van der Waals surface area contributed by atoms with Gasteiger partial charge in [0, 0.05) is 18.1 Å². The van der Waals surface area contributed by atoms with E-state index in [-0.39, 0.29) is 24.5 Å². The zero-order chi connectivity index (χ0) is 27.2. The second-order valence-corrected chi connectivity index (χ2v) is 13.2. The SMILES string of the molecule is CCC(C(=O)NCCOc1ccc(S(=O)(=O)N2CCCCC2)cc1)N(c1cc(Cl)ccc1C)S(C)(=O)=O. The molecule has 1 aliphatic rings. The number of ether oxygens (including phenoxy) is 1. The summed E-state index contributed by atoms with van der Waals surface area (Å²) < 4.78 is 59.1. The first-order chi connectivity index (χ1) is 17.4. The van der Waals surface area contributed by atoms with Gasteiger partial charge in [-0.15, -0.1) is 0 Å². The van der Waals surface area contributed by atoms with Gasteiger partial charge in [-0.25, -0.2) is 16.8 Å². The molecular weight excluding hydrogens is 538 g/mol. The quantitative estimate of drug-likeness (QED) is 0.413. The van der Waals surface area contributed by atoms with Crippen molar-refractivity contribution < 1.29 is 26.4 Å². The van der Waals surface area contributed by atoms with Gasteiger partial charge in [-0.3, -0.25) is 9.10 Å². The number of hydrogen-bond acceptors (Lipinski definition) is 6. The summed E-state index contributed by atoms with van der Waals surface area (Å²) in [5.41, 5.74) is 1.03. The Hall–Kier alpha value is -2.34. The lowest BCUT2D eigenvalue weighted by Gasteiger charge is -2.31. The number of sulfonamides is 2. The number of nitrogens with one attached hydrogen (secondary N) is 1. The molecule has 1 amide bonds. The molecule has 1 unspecified atom stereocenters. The second kappa shape index (κ2) is 12.5. The van der Waals surface area contributed by atoms with Gasteiger partial charge in [-0.2, -0.15) is 4.31 Å². The van der Waals surface area contributed by atoms with Crippen molar-refractivity contribution in [3.8, 4) is 5.75 Å². The number of halogens is 1. The molecular formula is C25H34ClN3O6S2. The molecule has 1 N–H and O–H groups in total. The minimum Gasteiger partial charge on any atom is -0.492 e. The molecule has 9 nitrogen and oxygen atoms in total. The summed E-state index contributed by atoms with van der Waals surface area (Å²) in [6.45, 7) is 4.81. The van der Waals surface area contributed by atoms with E-state index in [0.29, 0.717) is 35.1 Å². The van der Waals surface area contributed by atoms with E-state index < -0.39 is 32.0 Å². The molecule has 0 spiro atoms. The zero-order valence-corrected chi connectivity index (χ0v) is 23.7. The van der Waals surface area contributed by atoms with Gasteiger partial charge < -0.3 is 10.1 Å². The molecule has 204 valence electrons. The summed E-state index contributed by atoms with van der Waals surface area (Å²) in [6.07, 6.45) is 4.08. The van der Waals surface area contributed by atoms with Gasteiger partial charge in [-0.1, -0.05) is 31.0 Å². The number of anilines is 1. The lowest BCUT2D eigenvalue weighted by atomic mass is 10.1. The first-order valence-electron chi connectivity index (χ1n) is 12.2. The zero-order valence-electron chi connectivity index (χ0n) is 21.3. The van der Waals surface area contributed by atoms with E-state index in [9.17, 15) is 21.6 Å². The van der Waals surface area contributed by atoms with Crippen LogP contribution >= 0.6 is 11.6 Å². The Balaban J connectivity index is 1.60. The first-order valence-corrected chi connectivity index (χ1v) is 15.9. The third-order valence-corrected chi connectivity index (χ3v) is 9.50. The van der Waals surface area contributed by atoms with Crippen LogP contribution in [0.2, 0.25) is 5.02 Å². The van der Waals surface area contributed by atoms with Gasteiger partial charge >= 0.3 is 0 Å². The van der Waals surface area contributed by atoms with Crippen molar-refractivity contribution in [3.63, 3.8) is 0 Å². The number of carbonyl (C=O) groups excluding carboxylic acids is 1. The molecule has 1 atom stereocenters. The highest BCUT2D eigenvalue weighted by Crippen LogP contribution is 2.29. The van der Waals surface area contributed by atoms with E-state index in [0.717, 1.165) is 29.8 Å². The van der Waals surface area contributed by atoms with Gasteiger partial charge in [0.15, 0.2) is 0 Å². The lowest BCUT2D eigenvalue weighted by molar-refractivity contribution is -0.122. The molecule has 1 fully saturated rings. The van der Waals surface area contributed by atoms with Crippen molar-refractivity contribution in [3.05, 3.63) is 53.1 Å². The van der Waals surface area contributed by atoms with Crippen molar-refractivity contribution in [2.75, 3.05) is 36.8 Å². The monoisotopic (exact) mass is 571 g/mol. The van der Waals surface area contributed by atoms with E-state index in [1.54, 1.807) is 38.1 Å². The van der Waals surface area contributed by atoms with Crippen LogP contribution in [0.3, 0.4) is 0 Å². The van der Waals surface area contributed by atoms with Crippen LogP contribution in [0.4, 0.5) is 5.69 Å². The van der Waals surface area contributed by atoms with Gasteiger partial charge in [0.05, 0.1) is 23.4 Å². The van der Waals surface area contributed by atoms with Crippen LogP contribution in [0.25, 0.3) is 0 Å². The van der Waals surface area contributed by atoms with E-state index in [4.69, 9.17) is 16.3 Å². The maximum Gasteiger partial charge on any atom is 0.244 e. The molecule has 0 radical (unpaired) electrons. The van der Waals surface area contributed by atoms with Gasteiger partial charge in [-0.05, 0) is 68.1 Å². The van der Waals surface area contributed by atoms with E-state index >= 15 is 0 Å². The lowest BCUT2D eigenvalue weighted by Crippen LogP contribution is -2.50. The van der Waals surface area contributed by atoms with Crippen molar-refractivity contribution in [2.24, 2.45) is 0 Å². The third kappa shape index (κ3) is 7.37. The molecule has 0 bridgehead atoms.